The van der Waals surface area contributed by atoms with Gasteiger partial charge < -0.3 is 15.4 Å². The quantitative estimate of drug-likeness (QED) is 0.631. The van der Waals surface area contributed by atoms with Gasteiger partial charge in [0.25, 0.3) is 5.91 Å². The molecule has 0 aromatic heterocycles. The number of piperidine rings is 1. The normalized spacial score (nSPS) is 17.3. The summed E-state index contributed by atoms with van der Waals surface area (Å²) >= 11 is 0. The fraction of sp³-hybridized carbons (Fsp3) is 0.481. The summed E-state index contributed by atoms with van der Waals surface area (Å²) in [4.78, 5) is 27.5. The molecule has 1 saturated carbocycles. The zero-order valence-corrected chi connectivity index (χ0v) is 19.3. The van der Waals surface area contributed by atoms with Gasteiger partial charge in [0.1, 0.15) is 6.61 Å². The zero-order valence-electron chi connectivity index (χ0n) is 19.3. The molecule has 1 aliphatic heterocycles. The molecule has 0 radical (unpaired) electrons. The highest BCUT2D eigenvalue weighted by Gasteiger charge is 2.24. The summed E-state index contributed by atoms with van der Waals surface area (Å²) in [5, 5.41) is 6.54. The first kappa shape index (κ1) is 23.3. The molecule has 0 atom stereocenters. The average Bonchev–Trinajstić information content (AvgIpc) is 2.88. The first-order valence-corrected chi connectivity index (χ1v) is 12.3. The van der Waals surface area contributed by atoms with Crippen molar-refractivity contribution in [1.82, 2.24) is 10.6 Å². The molecule has 6 nitrogen and oxygen atoms in total. The third-order valence-corrected chi connectivity index (χ3v) is 6.71. The lowest BCUT2D eigenvalue weighted by Gasteiger charge is -2.30. The monoisotopic (exact) mass is 449 g/mol. The summed E-state index contributed by atoms with van der Waals surface area (Å²) in [7, 11) is 0. The number of nitrogens with one attached hydrogen (secondary N) is 2. The molecule has 2 aliphatic rings. The highest BCUT2D eigenvalue weighted by molar-refractivity contribution is 5.95. The van der Waals surface area contributed by atoms with E-state index >= 15 is 0 Å². The van der Waals surface area contributed by atoms with Gasteiger partial charge in [-0.2, -0.15) is 0 Å². The highest BCUT2D eigenvalue weighted by Crippen LogP contribution is 2.23. The number of nitrogens with zero attached hydrogens (tertiary/aromatic N) is 1. The number of carbonyl (C=O) groups is 2. The van der Waals surface area contributed by atoms with Crippen LogP contribution in [0.4, 0.5) is 10.5 Å². The van der Waals surface area contributed by atoms with Crippen molar-refractivity contribution >= 4 is 17.7 Å². The molecule has 4 rings (SSSR count). The maximum Gasteiger partial charge on any atom is 0.414 e. The lowest BCUT2D eigenvalue weighted by molar-refractivity contribution is 0.0927. The summed E-state index contributed by atoms with van der Waals surface area (Å²) in [6, 6.07) is 17.3. The van der Waals surface area contributed by atoms with Crippen LogP contribution in [-0.4, -0.2) is 37.7 Å². The molecule has 33 heavy (non-hydrogen) atoms. The second-order valence-corrected chi connectivity index (χ2v) is 9.20. The van der Waals surface area contributed by atoms with Gasteiger partial charge in [-0.15, -0.1) is 0 Å². The van der Waals surface area contributed by atoms with Crippen molar-refractivity contribution in [3.63, 3.8) is 0 Å². The van der Waals surface area contributed by atoms with Gasteiger partial charge in [0.05, 0.1) is 0 Å². The maximum absolute atomic E-state index is 13.1. The van der Waals surface area contributed by atoms with Crippen molar-refractivity contribution in [1.29, 1.82) is 0 Å². The van der Waals surface area contributed by atoms with E-state index in [1.807, 2.05) is 54.6 Å². The molecule has 2 N–H and O–H groups in total. The summed E-state index contributed by atoms with van der Waals surface area (Å²) in [5.74, 6) is 0.384. The van der Waals surface area contributed by atoms with Gasteiger partial charge >= 0.3 is 6.09 Å². The van der Waals surface area contributed by atoms with Crippen LogP contribution < -0.4 is 15.5 Å². The Morgan fingerprint density at radius 2 is 1.61 bits per heavy atom. The molecule has 2 fully saturated rings. The fourth-order valence-electron chi connectivity index (χ4n) is 4.71. The number of ether oxygens (including phenoxy) is 1. The first-order chi connectivity index (χ1) is 16.2. The minimum atomic E-state index is -0.350. The topological polar surface area (TPSA) is 70.7 Å². The minimum Gasteiger partial charge on any atom is -0.444 e. The Morgan fingerprint density at radius 3 is 2.30 bits per heavy atom. The molecule has 1 saturated heterocycles. The molecule has 1 heterocycles. The van der Waals surface area contributed by atoms with Crippen molar-refractivity contribution in [2.45, 2.75) is 57.6 Å². The Labute approximate surface area is 196 Å². The van der Waals surface area contributed by atoms with E-state index in [0.29, 0.717) is 18.0 Å². The highest BCUT2D eigenvalue weighted by atomic mass is 16.6. The van der Waals surface area contributed by atoms with Crippen LogP contribution in [0.1, 0.15) is 60.9 Å². The maximum atomic E-state index is 13.1. The summed E-state index contributed by atoms with van der Waals surface area (Å²) in [6.07, 6.45) is 7.45. The summed E-state index contributed by atoms with van der Waals surface area (Å²) in [5.41, 5.74) is 2.35. The molecule has 0 unspecified atom stereocenters. The van der Waals surface area contributed by atoms with Crippen LogP contribution in [0.15, 0.2) is 54.6 Å². The van der Waals surface area contributed by atoms with E-state index in [1.54, 1.807) is 4.90 Å². The van der Waals surface area contributed by atoms with E-state index in [4.69, 9.17) is 4.74 Å². The Balaban J connectivity index is 1.43. The molecule has 6 heteroatoms. The molecule has 2 aromatic carbocycles. The third kappa shape index (κ3) is 6.81. The number of amides is 2. The molecule has 176 valence electrons. The van der Waals surface area contributed by atoms with Gasteiger partial charge in [0, 0.05) is 23.8 Å². The van der Waals surface area contributed by atoms with Crippen molar-refractivity contribution < 1.29 is 14.3 Å². The Kier molecular flexibility index (Phi) is 8.36. The Hall–Kier alpha value is -2.86. The molecule has 2 aromatic rings. The van der Waals surface area contributed by atoms with Gasteiger partial charge in [-0.05, 0) is 74.5 Å². The van der Waals surface area contributed by atoms with Crippen molar-refractivity contribution in [2.75, 3.05) is 24.5 Å². The number of benzene rings is 2. The van der Waals surface area contributed by atoms with E-state index in [0.717, 1.165) is 50.0 Å². The molecule has 0 bridgehead atoms. The van der Waals surface area contributed by atoms with Crippen LogP contribution in [0.5, 0.6) is 0 Å². The Bertz CT molecular complexity index is 889. The second-order valence-electron chi connectivity index (χ2n) is 9.20. The fourth-order valence-corrected chi connectivity index (χ4v) is 4.71. The molecular formula is C27H35N3O3. The molecule has 0 spiro atoms. The van der Waals surface area contributed by atoms with Crippen molar-refractivity contribution in [2.24, 2.45) is 5.92 Å². The van der Waals surface area contributed by atoms with Gasteiger partial charge in [0.2, 0.25) is 0 Å². The minimum absolute atomic E-state index is 0.0370. The molecular weight excluding hydrogens is 414 g/mol. The van der Waals surface area contributed by atoms with E-state index in [-0.39, 0.29) is 24.6 Å². The third-order valence-electron chi connectivity index (χ3n) is 6.71. The predicted molar refractivity (Wildman–Crippen MR) is 130 cm³/mol. The molecule has 2 amide bonds. The lowest BCUT2D eigenvalue weighted by Crippen LogP contribution is -2.40. The number of carbonyl (C=O) groups excluding carboxylic acids is 2. The van der Waals surface area contributed by atoms with Crippen LogP contribution in [0, 0.1) is 5.92 Å². The van der Waals surface area contributed by atoms with Crippen LogP contribution in [-0.2, 0) is 11.3 Å². The van der Waals surface area contributed by atoms with Crippen LogP contribution in [0.25, 0.3) is 0 Å². The zero-order chi connectivity index (χ0) is 22.9. The molecule has 1 aliphatic carbocycles. The number of rotatable bonds is 7. The second kappa shape index (κ2) is 11.8. The average molecular weight is 450 g/mol. The van der Waals surface area contributed by atoms with Crippen LogP contribution in [0.3, 0.4) is 0 Å². The van der Waals surface area contributed by atoms with E-state index in [1.165, 1.54) is 19.3 Å². The van der Waals surface area contributed by atoms with E-state index in [9.17, 15) is 9.59 Å². The summed E-state index contributed by atoms with van der Waals surface area (Å²) < 4.78 is 5.66. The standard InChI is InChI=1S/C27H35N3O3/c31-26(29-24-9-5-2-6-10-24)23-11-13-25(14-12-23)30(19-21-15-17-28-18-16-21)27(32)33-20-22-7-3-1-4-8-22/h1,3-4,7-8,11-14,21,24,28H,2,5-6,9-10,15-20H2,(H,29,31). The number of hydrogen-bond donors (Lipinski definition) is 2. The Morgan fingerprint density at radius 1 is 0.909 bits per heavy atom. The van der Waals surface area contributed by atoms with Gasteiger partial charge in [-0.3, -0.25) is 9.69 Å². The smallest absolute Gasteiger partial charge is 0.414 e. The predicted octanol–water partition coefficient (Wildman–Crippen LogP) is 4.89. The number of hydrogen-bond acceptors (Lipinski definition) is 4. The van der Waals surface area contributed by atoms with E-state index < -0.39 is 0 Å². The van der Waals surface area contributed by atoms with Gasteiger partial charge in [0.15, 0.2) is 0 Å². The van der Waals surface area contributed by atoms with Gasteiger partial charge in [-0.1, -0.05) is 49.6 Å². The summed E-state index contributed by atoms with van der Waals surface area (Å²) in [6.45, 7) is 2.79. The first-order valence-electron chi connectivity index (χ1n) is 12.3. The van der Waals surface area contributed by atoms with Crippen molar-refractivity contribution in [3.05, 3.63) is 65.7 Å². The van der Waals surface area contributed by atoms with Crippen molar-refractivity contribution in [3.8, 4) is 0 Å². The SMILES string of the molecule is O=C(NC1CCCCC1)c1ccc(N(CC2CCNCC2)C(=O)OCc2ccccc2)cc1. The van der Waals surface area contributed by atoms with Crippen LogP contribution in [0.2, 0.25) is 0 Å². The largest absolute Gasteiger partial charge is 0.444 e. The van der Waals surface area contributed by atoms with Gasteiger partial charge in [-0.25, -0.2) is 4.79 Å². The van der Waals surface area contributed by atoms with Crippen LogP contribution >= 0.6 is 0 Å². The lowest BCUT2D eigenvalue weighted by atomic mass is 9.95. The number of anilines is 1. The van der Waals surface area contributed by atoms with E-state index in [2.05, 4.69) is 10.6 Å².